The number of fused-ring (bicyclic) bond motifs is 1. The van der Waals surface area contributed by atoms with Crippen LogP contribution in [0.25, 0.3) is 0 Å². The lowest BCUT2D eigenvalue weighted by Gasteiger charge is -2.26. The van der Waals surface area contributed by atoms with Crippen LogP contribution in [0.5, 0.6) is 0 Å². The highest BCUT2D eigenvalue weighted by Crippen LogP contribution is 2.46. The Labute approximate surface area is 148 Å². The molecule has 25 heavy (non-hydrogen) atoms. The van der Waals surface area contributed by atoms with Crippen LogP contribution in [-0.4, -0.2) is 52.6 Å². The monoisotopic (exact) mass is 350 g/mol. The number of aryl methyl sites for hydroxylation is 2. The minimum Gasteiger partial charge on any atom is -0.358 e. The SMILES string of the molecule is Cc1cc(C)nc([C@H]2O[C@H]([C@H]3COC(C)(C)O3)[C@@H]3OC(C)(C)O[C@@H]32)n1. The summed E-state index contributed by atoms with van der Waals surface area (Å²) >= 11 is 0. The summed E-state index contributed by atoms with van der Waals surface area (Å²) in [6, 6.07) is 1.94. The molecule has 7 nitrogen and oxygen atoms in total. The molecule has 4 rings (SSSR count). The molecule has 0 aromatic carbocycles. The third kappa shape index (κ3) is 3.19. The molecule has 0 unspecified atom stereocenters. The van der Waals surface area contributed by atoms with Crippen LogP contribution in [-0.2, 0) is 23.7 Å². The van der Waals surface area contributed by atoms with E-state index in [4.69, 9.17) is 23.7 Å². The topological polar surface area (TPSA) is 71.9 Å². The Hall–Kier alpha value is -1.12. The van der Waals surface area contributed by atoms with E-state index >= 15 is 0 Å². The van der Waals surface area contributed by atoms with E-state index in [0.29, 0.717) is 12.4 Å². The summed E-state index contributed by atoms with van der Waals surface area (Å²) in [5.41, 5.74) is 1.82. The van der Waals surface area contributed by atoms with Crippen molar-refractivity contribution in [3.8, 4) is 0 Å². The molecule has 3 aliphatic rings. The van der Waals surface area contributed by atoms with Crippen LogP contribution < -0.4 is 0 Å². The zero-order chi connectivity index (χ0) is 18.0. The minimum atomic E-state index is -0.677. The fourth-order valence-electron chi connectivity index (χ4n) is 3.89. The minimum absolute atomic E-state index is 0.212. The van der Waals surface area contributed by atoms with Crippen molar-refractivity contribution in [2.75, 3.05) is 6.61 Å². The molecule has 3 fully saturated rings. The lowest BCUT2D eigenvalue weighted by molar-refractivity contribution is -0.208. The first-order chi connectivity index (χ1) is 11.6. The van der Waals surface area contributed by atoms with E-state index in [2.05, 4.69) is 9.97 Å². The van der Waals surface area contributed by atoms with Gasteiger partial charge in [0, 0.05) is 11.4 Å². The van der Waals surface area contributed by atoms with Crippen molar-refractivity contribution in [3.63, 3.8) is 0 Å². The summed E-state index contributed by atoms with van der Waals surface area (Å²) in [5, 5.41) is 0. The summed E-state index contributed by atoms with van der Waals surface area (Å²) < 4.78 is 30.3. The van der Waals surface area contributed by atoms with Gasteiger partial charge in [-0.2, -0.15) is 0 Å². The van der Waals surface area contributed by atoms with Crippen molar-refractivity contribution >= 4 is 0 Å². The summed E-state index contributed by atoms with van der Waals surface area (Å²) in [5.74, 6) is -0.661. The van der Waals surface area contributed by atoms with Crippen molar-refractivity contribution in [2.45, 2.75) is 83.6 Å². The molecule has 0 amide bonds. The highest BCUT2D eigenvalue weighted by atomic mass is 16.8. The first-order valence-electron chi connectivity index (χ1n) is 8.79. The Bertz CT molecular complexity index is 657. The molecule has 7 heteroatoms. The average molecular weight is 350 g/mol. The van der Waals surface area contributed by atoms with E-state index < -0.39 is 11.6 Å². The summed E-state index contributed by atoms with van der Waals surface area (Å²) in [6.45, 7) is 12.0. The normalized spacial score (nSPS) is 38.9. The molecule has 0 bridgehead atoms. The average Bonchev–Trinajstić information content (AvgIpc) is 3.07. The Kier molecular flexibility index (Phi) is 3.94. The van der Waals surface area contributed by atoms with E-state index in [1.807, 2.05) is 47.6 Å². The maximum Gasteiger partial charge on any atom is 0.164 e. The molecular formula is C18H26N2O5. The second kappa shape index (κ2) is 5.69. The molecule has 1 aromatic heterocycles. The molecule has 5 atom stereocenters. The second-order valence-corrected chi connectivity index (χ2v) is 7.96. The van der Waals surface area contributed by atoms with Gasteiger partial charge in [-0.3, -0.25) is 0 Å². The Balaban J connectivity index is 1.65. The van der Waals surface area contributed by atoms with Gasteiger partial charge in [-0.25, -0.2) is 9.97 Å². The van der Waals surface area contributed by atoms with E-state index in [-0.39, 0.29) is 30.5 Å². The van der Waals surface area contributed by atoms with Gasteiger partial charge in [-0.15, -0.1) is 0 Å². The van der Waals surface area contributed by atoms with Crippen LogP contribution in [0.2, 0.25) is 0 Å². The van der Waals surface area contributed by atoms with Crippen molar-refractivity contribution < 1.29 is 23.7 Å². The van der Waals surface area contributed by atoms with Crippen molar-refractivity contribution in [1.82, 2.24) is 9.97 Å². The van der Waals surface area contributed by atoms with E-state index in [0.717, 1.165) is 11.4 Å². The molecular weight excluding hydrogens is 324 g/mol. The van der Waals surface area contributed by atoms with E-state index in [9.17, 15) is 0 Å². The second-order valence-electron chi connectivity index (χ2n) is 7.96. The van der Waals surface area contributed by atoms with Crippen LogP contribution in [0.1, 0.15) is 51.0 Å². The summed E-state index contributed by atoms with van der Waals surface area (Å²) in [4.78, 5) is 9.14. The van der Waals surface area contributed by atoms with Crippen molar-refractivity contribution in [1.29, 1.82) is 0 Å². The van der Waals surface area contributed by atoms with Crippen LogP contribution in [0.3, 0.4) is 0 Å². The van der Waals surface area contributed by atoms with E-state index in [1.54, 1.807) is 0 Å². The maximum atomic E-state index is 6.32. The van der Waals surface area contributed by atoms with Gasteiger partial charge in [0.25, 0.3) is 0 Å². The number of rotatable bonds is 2. The lowest BCUT2D eigenvalue weighted by atomic mass is 10.0. The number of nitrogens with zero attached hydrogens (tertiary/aromatic N) is 2. The van der Waals surface area contributed by atoms with Crippen molar-refractivity contribution in [2.24, 2.45) is 0 Å². The highest BCUT2D eigenvalue weighted by Gasteiger charge is 2.59. The fraction of sp³-hybridized carbons (Fsp3) is 0.778. The molecule has 0 saturated carbocycles. The van der Waals surface area contributed by atoms with E-state index in [1.165, 1.54) is 0 Å². The molecule has 4 heterocycles. The molecule has 0 radical (unpaired) electrons. The maximum absolute atomic E-state index is 6.32. The van der Waals surface area contributed by atoms with Gasteiger partial charge >= 0.3 is 0 Å². The van der Waals surface area contributed by atoms with Gasteiger partial charge in [0.2, 0.25) is 0 Å². The first-order valence-corrected chi connectivity index (χ1v) is 8.79. The zero-order valence-corrected chi connectivity index (χ0v) is 15.6. The van der Waals surface area contributed by atoms with Gasteiger partial charge in [-0.1, -0.05) is 0 Å². The smallest absolute Gasteiger partial charge is 0.164 e. The van der Waals surface area contributed by atoms with Crippen LogP contribution in [0.4, 0.5) is 0 Å². The van der Waals surface area contributed by atoms with Crippen LogP contribution in [0.15, 0.2) is 6.07 Å². The summed E-state index contributed by atoms with van der Waals surface area (Å²) in [7, 11) is 0. The van der Waals surface area contributed by atoms with Gasteiger partial charge in [0.15, 0.2) is 17.4 Å². The molecule has 3 saturated heterocycles. The number of ether oxygens (including phenoxy) is 5. The molecule has 3 aliphatic heterocycles. The molecule has 0 aliphatic carbocycles. The quantitative estimate of drug-likeness (QED) is 0.810. The molecule has 0 N–H and O–H groups in total. The largest absolute Gasteiger partial charge is 0.358 e. The predicted molar refractivity (Wildman–Crippen MR) is 87.8 cm³/mol. The third-order valence-electron chi connectivity index (χ3n) is 4.74. The van der Waals surface area contributed by atoms with Gasteiger partial charge in [0.1, 0.15) is 30.5 Å². The van der Waals surface area contributed by atoms with Crippen LogP contribution in [0, 0.1) is 13.8 Å². The van der Waals surface area contributed by atoms with Gasteiger partial charge in [0.05, 0.1) is 6.61 Å². The summed E-state index contributed by atoms with van der Waals surface area (Å²) in [6.07, 6.45) is -1.40. The van der Waals surface area contributed by atoms with Gasteiger partial charge in [-0.05, 0) is 47.6 Å². The molecule has 138 valence electrons. The number of hydrogen-bond acceptors (Lipinski definition) is 7. The van der Waals surface area contributed by atoms with Gasteiger partial charge < -0.3 is 23.7 Å². The zero-order valence-electron chi connectivity index (χ0n) is 15.6. The highest BCUT2D eigenvalue weighted by molar-refractivity contribution is 5.14. The molecule has 1 aromatic rings. The fourth-order valence-corrected chi connectivity index (χ4v) is 3.89. The first kappa shape index (κ1) is 17.3. The third-order valence-corrected chi connectivity index (χ3v) is 4.74. The molecule has 0 spiro atoms. The number of hydrogen-bond donors (Lipinski definition) is 0. The Morgan fingerprint density at radius 3 is 2.12 bits per heavy atom. The predicted octanol–water partition coefficient (Wildman–Crippen LogP) is 2.20. The Morgan fingerprint density at radius 1 is 0.880 bits per heavy atom. The van der Waals surface area contributed by atoms with Crippen molar-refractivity contribution in [3.05, 3.63) is 23.3 Å². The standard InChI is InChI=1S/C18H26N2O5/c1-9-7-10(2)20-16(19-9)15-14-13(24-18(5,6)25-14)12(22-15)11-8-21-17(3,4)23-11/h7,11-15H,8H2,1-6H3/t11-,12-,13+,14+,15+/m1/s1. The lowest BCUT2D eigenvalue weighted by Crippen LogP contribution is -2.40. The number of aromatic nitrogens is 2. The Morgan fingerprint density at radius 2 is 1.52 bits per heavy atom. The van der Waals surface area contributed by atoms with Crippen LogP contribution >= 0.6 is 0 Å².